The van der Waals surface area contributed by atoms with Crippen LogP contribution in [0.5, 0.6) is 11.8 Å². The summed E-state index contributed by atoms with van der Waals surface area (Å²) in [6.07, 6.45) is 8.52. The SMILES string of the molecule is [2H]C([2H])(Oc1nc(C(C)CCCCCC)c2cnn(-c3cc(O)cc4ccc(F)c(CC)c34)c(=O)c2n1)[C@@H]1CCCN1C. The number of aromatic hydroxyl groups is 1. The number of halogens is 1. The first-order valence-electron chi connectivity index (χ1n) is 15.7. The molecule has 1 N–H and O–H groups in total. The molecule has 0 amide bonds. The minimum absolute atomic E-state index is 0.0249. The quantitative estimate of drug-likeness (QED) is 0.215. The summed E-state index contributed by atoms with van der Waals surface area (Å²) in [6, 6.07) is 5.15. The molecule has 8 nitrogen and oxygen atoms in total. The summed E-state index contributed by atoms with van der Waals surface area (Å²) >= 11 is 0. The normalized spacial score (nSPS) is 17.6. The van der Waals surface area contributed by atoms with Crippen LogP contribution in [0.3, 0.4) is 0 Å². The smallest absolute Gasteiger partial charge is 0.317 e. The lowest BCUT2D eigenvalue weighted by molar-refractivity contribution is 0.187. The lowest BCUT2D eigenvalue weighted by atomic mass is 9.97. The van der Waals surface area contributed by atoms with E-state index in [2.05, 4.69) is 22.0 Å². The van der Waals surface area contributed by atoms with E-state index in [1.54, 1.807) is 6.07 Å². The summed E-state index contributed by atoms with van der Waals surface area (Å²) in [7, 11) is 1.86. The number of unbranched alkanes of at least 4 members (excludes halogenated alkanes) is 3. The minimum Gasteiger partial charge on any atom is -0.508 e. The number of likely N-dealkylation sites (tertiary alicyclic amines) is 1. The Kier molecular flexibility index (Phi) is 8.03. The molecule has 1 aliphatic heterocycles. The first-order chi connectivity index (χ1) is 20.6. The molecule has 0 saturated carbocycles. The van der Waals surface area contributed by atoms with E-state index in [0.29, 0.717) is 40.3 Å². The fraction of sp³-hybridized carbons (Fsp3) is 0.500. The Morgan fingerprint density at radius 1 is 1.22 bits per heavy atom. The van der Waals surface area contributed by atoms with Crippen LogP contribution >= 0.6 is 0 Å². The molecule has 41 heavy (non-hydrogen) atoms. The van der Waals surface area contributed by atoms with E-state index >= 15 is 0 Å². The monoisotopic (exact) mass is 563 g/mol. The van der Waals surface area contributed by atoms with Gasteiger partial charge in [-0.1, -0.05) is 52.5 Å². The molecule has 1 unspecified atom stereocenters. The minimum atomic E-state index is -2.08. The lowest BCUT2D eigenvalue weighted by Gasteiger charge is -2.20. The van der Waals surface area contributed by atoms with Gasteiger partial charge in [0.25, 0.3) is 5.56 Å². The number of fused-ring (bicyclic) bond motifs is 2. The predicted molar refractivity (Wildman–Crippen MR) is 160 cm³/mol. The summed E-state index contributed by atoms with van der Waals surface area (Å²) < 4.78 is 39.3. The molecule has 3 heterocycles. The highest BCUT2D eigenvalue weighted by atomic mass is 19.1. The van der Waals surface area contributed by atoms with Crippen LogP contribution in [0.4, 0.5) is 4.39 Å². The third-order valence-corrected chi connectivity index (χ3v) is 8.13. The molecule has 9 heteroatoms. The predicted octanol–water partition coefficient (Wildman–Crippen LogP) is 6.28. The van der Waals surface area contributed by atoms with Crippen LogP contribution < -0.4 is 10.3 Å². The van der Waals surface area contributed by atoms with Crippen LogP contribution in [0.25, 0.3) is 27.4 Å². The third-order valence-electron chi connectivity index (χ3n) is 8.13. The average Bonchev–Trinajstić information content (AvgIpc) is 3.42. The largest absolute Gasteiger partial charge is 0.508 e. The van der Waals surface area contributed by atoms with Crippen molar-refractivity contribution in [2.45, 2.75) is 84.1 Å². The zero-order chi connectivity index (χ0) is 30.9. The van der Waals surface area contributed by atoms with Crippen molar-refractivity contribution in [3.63, 3.8) is 0 Å². The number of rotatable bonds is 11. The van der Waals surface area contributed by atoms with E-state index in [-0.39, 0.29) is 28.9 Å². The van der Waals surface area contributed by atoms with Crippen LogP contribution in [0.15, 0.2) is 35.3 Å². The second kappa shape index (κ2) is 12.5. The first kappa shape index (κ1) is 26.3. The highest BCUT2D eigenvalue weighted by molar-refractivity contribution is 5.95. The summed E-state index contributed by atoms with van der Waals surface area (Å²) in [5, 5.41) is 16.5. The molecule has 1 aliphatic rings. The van der Waals surface area contributed by atoms with Crippen LogP contribution in [0.2, 0.25) is 0 Å². The highest BCUT2D eigenvalue weighted by Gasteiger charge is 2.24. The van der Waals surface area contributed by atoms with Gasteiger partial charge in [-0.3, -0.25) is 4.79 Å². The number of aromatic nitrogens is 4. The van der Waals surface area contributed by atoms with Crippen molar-refractivity contribution in [1.29, 1.82) is 0 Å². The van der Waals surface area contributed by atoms with Crippen molar-refractivity contribution in [3.05, 3.63) is 57.9 Å². The van der Waals surface area contributed by atoms with Gasteiger partial charge in [0.05, 0.1) is 20.3 Å². The molecule has 0 radical (unpaired) electrons. The molecule has 0 bridgehead atoms. The van der Waals surface area contributed by atoms with E-state index in [4.69, 9.17) is 7.48 Å². The standard InChI is InChI=1S/C32H40FN5O3/c1-5-7-8-9-11-20(3)29-25-18-34-38(27-17-23(39)16-21-13-14-26(33)24(6-2)28(21)27)31(40)30(25)36-32(35-29)41-19-22-12-10-15-37(22)4/h13-14,16-18,20,22,39H,5-12,15,19H2,1-4H3/t20?,22-/m0/s1/i19D2. The zero-order valence-corrected chi connectivity index (χ0v) is 24.3. The molecule has 2 aromatic heterocycles. The number of aryl methyl sites for hydroxylation is 1. The van der Waals surface area contributed by atoms with Gasteiger partial charge in [0.1, 0.15) is 23.6 Å². The number of hydrogen-bond acceptors (Lipinski definition) is 7. The maximum Gasteiger partial charge on any atom is 0.317 e. The van der Waals surface area contributed by atoms with Gasteiger partial charge in [-0.05, 0) is 68.3 Å². The van der Waals surface area contributed by atoms with Gasteiger partial charge < -0.3 is 14.7 Å². The van der Waals surface area contributed by atoms with Crippen molar-refractivity contribution >= 4 is 21.7 Å². The topological polar surface area (TPSA) is 93.4 Å². The number of hydrogen-bond donors (Lipinski definition) is 1. The Morgan fingerprint density at radius 3 is 2.78 bits per heavy atom. The third kappa shape index (κ3) is 5.91. The number of phenols is 1. The van der Waals surface area contributed by atoms with Gasteiger partial charge >= 0.3 is 6.01 Å². The Morgan fingerprint density at radius 2 is 2.05 bits per heavy atom. The van der Waals surface area contributed by atoms with Gasteiger partial charge in [-0.25, -0.2) is 4.39 Å². The van der Waals surface area contributed by atoms with Crippen molar-refractivity contribution in [3.8, 4) is 17.4 Å². The van der Waals surface area contributed by atoms with Gasteiger partial charge in [-0.15, -0.1) is 0 Å². The second-order valence-electron chi connectivity index (χ2n) is 11.1. The van der Waals surface area contributed by atoms with E-state index < -0.39 is 24.0 Å². The molecule has 2 atom stereocenters. The maximum absolute atomic E-state index is 14.9. The zero-order valence-electron chi connectivity index (χ0n) is 26.3. The number of likely N-dealkylation sites (N-methyl/N-ethyl adjacent to an activating group) is 1. The highest BCUT2D eigenvalue weighted by Crippen LogP contribution is 2.33. The van der Waals surface area contributed by atoms with Crippen LogP contribution in [0.1, 0.15) is 85.6 Å². The van der Waals surface area contributed by atoms with Crippen LogP contribution in [-0.2, 0) is 6.42 Å². The van der Waals surface area contributed by atoms with Gasteiger partial charge in [0.2, 0.25) is 0 Å². The van der Waals surface area contributed by atoms with Crippen molar-refractivity contribution in [2.75, 3.05) is 20.2 Å². The lowest BCUT2D eigenvalue weighted by Crippen LogP contribution is -2.31. The first-order valence-corrected chi connectivity index (χ1v) is 14.7. The summed E-state index contributed by atoms with van der Waals surface area (Å²) in [6.45, 7) is 4.70. The number of benzene rings is 2. The Balaban J connectivity index is 1.68. The maximum atomic E-state index is 14.9. The summed E-state index contributed by atoms with van der Waals surface area (Å²) in [5.41, 5.74) is 0.641. The fourth-order valence-electron chi connectivity index (χ4n) is 5.80. The molecule has 4 aromatic rings. The van der Waals surface area contributed by atoms with E-state index in [0.717, 1.165) is 49.8 Å². The molecule has 1 fully saturated rings. The van der Waals surface area contributed by atoms with Crippen molar-refractivity contribution in [1.82, 2.24) is 24.6 Å². The van der Waals surface area contributed by atoms with Gasteiger partial charge in [-0.2, -0.15) is 19.7 Å². The van der Waals surface area contributed by atoms with E-state index in [1.165, 1.54) is 24.4 Å². The van der Waals surface area contributed by atoms with E-state index in [9.17, 15) is 14.3 Å². The van der Waals surface area contributed by atoms with E-state index in [1.807, 2.05) is 25.8 Å². The average molecular weight is 564 g/mol. The fourth-order valence-corrected chi connectivity index (χ4v) is 5.80. The number of ether oxygens (including phenoxy) is 1. The van der Waals surface area contributed by atoms with Crippen molar-refractivity contribution < 1.29 is 17.0 Å². The molecular weight excluding hydrogens is 521 g/mol. The molecule has 1 saturated heterocycles. The van der Waals surface area contributed by atoms with Crippen LogP contribution in [0, 0.1) is 5.82 Å². The molecule has 0 aliphatic carbocycles. The van der Waals surface area contributed by atoms with Crippen LogP contribution in [-0.4, -0.2) is 55.9 Å². The molecule has 0 spiro atoms. The Labute approximate surface area is 243 Å². The van der Waals surface area contributed by atoms with Gasteiger partial charge in [0.15, 0.2) is 0 Å². The Bertz CT molecular complexity index is 1700. The molecule has 2 aromatic carbocycles. The molecule has 218 valence electrons. The Hall–Kier alpha value is -3.59. The summed E-state index contributed by atoms with van der Waals surface area (Å²) in [5.74, 6) is -0.566. The molecule has 5 rings (SSSR count). The van der Waals surface area contributed by atoms with Crippen molar-refractivity contribution in [2.24, 2.45) is 0 Å². The number of nitrogens with zero attached hydrogens (tertiary/aromatic N) is 5. The molecular formula is C32H40FN5O3. The second-order valence-corrected chi connectivity index (χ2v) is 11.1. The van der Waals surface area contributed by atoms with Gasteiger partial charge in [0, 0.05) is 22.9 Å². The number of phenolic OH excluding ortho intramolecular Hbond substituents is 1. The summed E-state index contributed by atoms with van der Waals surface area (Å²) in [4.78, 5) is 25.2.